The monoisotopic (exact) mass is 465 g/mol. The molecule has 1 aromatic carbocycles. The average Bonchev–Trinajstić information content (AvgIpc) is 3.04. The molecule has 0 aromatic heterocycles. The second-order valence-corrected chi connectivity index (χ2v) is 11.1. The highest BCUT2D eigenvalue weighted by atomic mass is 16.6. The molecule has 2 fully saturated rings. The second kappa shape index (κ2) is 7.79. The number of rotatable bonds is 6. The van der Waals surface area contributed by atoms with Gasteiger partial charge in [-0.05, 0) is 59.6 Å². The van der Waals surface area contributed by atoms with Gasteiger partial charge >= 0.3 is 0 Å². The number of allylic oxidation sites excluding steroid dienone is 2. The summed E-state index contributed by atoms with van der Waals surface area (Å²) >= 11 is 0. The Morgan fingerprint density at radius 3 is 2.56 bits per heavy atom. The largest absolute Gasteiger partial charge is 0.507 e. The van der Waals surface area contributed by atoms with Crippen LogP contribution in [0.5, 0.6) is 11.5 Å². The Kier molecular flexibility index (Phi) is 5.34. The zero-order valence-corrected chi connectivity index (χ0v) is 20.9. The number of carbonyl (C=O) groups is 2. The maximum absolute atomic E-state index is 14.2. The minimum absolute atomic E-state index is 0.0105. The predicted molar refractivity (Wildman–Crippen MR) is 129 cm³/mol. The molecule has 1 N–H and O–H groups in total. The molecule has 5 aliphatic rings. The van der Waals surface area contributed by atoms with Crippen molar-refractivity contribution in [1.29, 1.82) is 0 Å². The fraction of sp³-hybridized carbons (Fsp3) is 0.571. The van der Waals surface area contributed by atoms with Crippen molar-refractivity contribution in [3.05, 3.63) is 47.1 Å². The topological polar surface area (TPSA) is 76.1 Å². The third-order valence-electron chi connectivity index (χ3n) is 8.35. The number of hydrogen-bond donors (Lipinski definition) is 1. The van der Waals surface area contributed by atoms with Crippen LogP contribution < -0.4 is 4.74 Å². The van der Waals surface area contributed by atoms with Crippen LogP contribution in [0.15, 0.2) is 41.5 Å². The van der Waals surface area contributed by atoms with Crippen LogP contribution in [0.3, 0.4) is 0 Å². The zero-order chi connectivity index (χ0) is 24.6. The number of benzene rings is 1. The van der Waals surface area contributed by atoms with E-state index in [4.69, 9.17) is 9.47 Å². The first-order valence-electron chi connectivity index (χ1n) is 12.4. The van der Waals surface area contributed by atoms with Crippen LogP contribution in [0.1, 0.15) is 58.3 Å². The van der Waals surface area contributed by atoms with Gasteiger partial charge in [0.15, 0.2) is 22.8 Å². The number of phenols is 1. The van der Waals surface area contributed by atoms with Gasteiger partial charge in [-0.15, -0.1) is 0 Å². The summed E-state index contributed by atoms with van der Waals surface area (Å²) < 4.78 is 13.2. The first-order chi connectivity index (χ1) is 16.0. The predicted octanol–water partition coefficient (Wildman–Crippen LogP) is 4.32. The molecule has 3 aliphatic carbocycles. The highest BCUT2D eigenvalue weighted by Crippen LogP contribution is 2.65. The van der Waals surface area contributed by atoms with Crippen molar-refractivity contribution in [2.24, 2.45) is 17.8 Å². The summed E-state index contributed by atoms with van der Waals surface area (Å²) in [6.07, 6.45) is 4.23. The summed E-state index contributed by atoms with van der Waals surface area (Å²) in [4.78, 5) is 30.4. The van der Waals surface area contributed by atoms with E-state index in [0.29, 0.717) is 36.4 Å². The van der Waals surface area contributed by atoms with Crippen LogP contribution in [-0.4, -0.2) is 58.0 Å². The molecule has 0 amide bonds. The fourth-order valence-electron chi connectivity index (χ4n) is 6.83. The number of Topliss-reactive ketones (excluding diaryl/α,β-unsaturated/α-hetero) is 2. The lowest BCUT2D eigenvalue weighted by Gasteiger charge is -2.59. The van der Waals surface area contributed by atoms with Gasteiger partial charge in [-0.1, -0.05) is 23.8 Å². The molecule has 2 heterocycles. The number of phenolic OH excluding ortho intramolecular Hbond substituents is 1. The smallest absolute Gasteiger partial charge is 0.200 e. The molecule has 6 rings (SSSR count). The number of carbonyl (C=O) groups excluding carboxylic acids is 2. The molecule has 6 nitrogen and oxygen atoms in total. The van der Waals surface area contributed by atoms with Gasteiger partial charge in [0.1, 0.15) is 17.1 Å². The van der Waals surface area contributed by atoms with Gasteiger partial charge in [-0.3, -0.25) is 14.5 Å². The van der Waals surface area contributed by atoms with Crippen LogP contribution in [0, 0.1) is 17.8 Å². The quantitative estimate of drug-likeness (QED) is 0.631. The van der Waals surface area contributed by atoms with Crippen LogP contribution in [-0.2, 0) is 9.53 Å². The lowest BCUT2D eigenvalue weighted by molar-refractivity contribution is -0.171. The second-order valence-electron chi connectivity index (χ2n) is 11.1. The summed E-state index contributed by atoms with van der Waals surface area (Å²) in [6, 6.07) is 5.52. The summed E-state index contributed by atoms with van der Waals surface area (Å²) in [6.45, 7) is 13.8. The molecule has 34 heavy (non-hydrogen) atoms. The fourth-order valence-corrected chi connectivity index (χ4v) is 6.83. The number of hydrogen-bond acceptors (Lipinski definition) is 6. The summed E-state index contributed by atoms with van der Waals surface area (Å²) in [5.41, 5.74) is -0.682. The first-order valence-corrected chi connectivity index (χ1v) is 12.4. The SMILES string of the molecule is CC(C)=CC[C@@]12OC[C@@H]3[C@@H](CN(C(C)C)C(C)C)[C@@H](C=C4C(=O)c5c(O)cccc5O[C@]431)C2=O. The van der Waals surface area contributed by atoms with E-state index in [1.807, 2.05) is 26.0 Å². The third-order valence-corrected chi connectivity index (χ3v) is 8.35. The summed E-state index contributed by atoms with van der Waals surface area (Å²) in [5, 5.41) is 10.5. The van der Waals surface area contributed by atoms with E-state index in [2.05, 4.69) is 32.6 Å². The van der Waals surface area contributed by atoms with Crippen LogP contribution in [0.2, 0.25) is 0 Å². The lowest BCUT2D eigenvalue weighted by atomic mass is 9.49. The number of ketones is 2. The molecule has 182 valence electrons. The minimum Gasteiger partial charge on any atom is -0.507 e. The number of ether oxygens (including phenoxy) is 2. The van der Waals surface area contributed by atoms with E-state index < -0.39 is 17.1 Å². The molecule has 2 aliphatic heterocycles. The molecular weight excluding hydrogens is 430 g/mol. The molecule has 5 atom stereocenters. The Morgan fingerprint density at radius 2 is 1.91 bits per heavy atom. The highest BCUT2D eigenvalue weighted by molar-refractivity contribution is 6.18. The number of aromatic hydroxyl groups is 1. The Hall–Kier alpha value is -2.44. The Balaban J connectivity index is 1.70. The van der Waals surface area contributed by atoms with Gasteiger partial charge < -0.3 is 14.6 Å². The van der Waals surface area contributed by atoms with Crippen LogP contribution >= 0.6 is 0 Å². The van der Waals surface area contributed by atoms with Gasteiger partial charge in [0.25, 0.3) is 0 Å². The first kappa shape index (κ1) is 23.3. The van der Waals surface area contributed by atoms with Crippen molar-refractivity contribution in [2.45, 2.75) is 71.2 Å². The van der Waals surface area contributed by atoms with Crippen molar-refractivity contribution < 1.29 is 24.2 Å². The average molecular weight is 466 g/mol. The third kappa shape index (κ3) is 2.88. The van der Waals surface area contributed by atoms with Crippen LogP contribution in [0.4, 0.5) is 0 Å². The van der Waals surface area contributed by atoms with Crippen molar-refractivity contribution in [2.75, 3.05) is 13.2 Å². The van der Waals surface area contributed by atoms with Crippen LogP contribution in [0.25, 0.3) is 0 Å². The lowest BCUT2D eigenvalue weighted by Crippen LogP contribution is -2.74. The van der Waals surface area contributed by atoms with Crippen molar-refractivity contribution in [3.63, 3.8) is 0 Å². The van der Waals surface area contributed by atoms with Gasteiger partial charge in [0, 0.05) is 42.5 Å². The molecule has 0 radical (unpaired) electrons. The van der Waals surface area contributed by atoms with Gasteiger partial charge in [0.05, 0.1) is 6.61 Å². The van der Waals surface area contributed by atoms with Crippen molar-refractivity contribution >= 4 is 11.6 Å². The number of nitrogens with zero attached hydrogens (tertiary/aromatic N) is 1. The molecule has 1 saturated carbocycles. The van der Waals surface area contributed by atoms with Crippen molar-refractivity contribution in [3.8, 4) is 11.5 Å². The summed E-state index contributed by atoms with van der Waals surface area (Å²) in [5.74, 6) is -0.589. The van der Waals surface area contributed by atoms with Crippen molar-refractivity contribution in [1.82, 2.24) is 4.90 Å². The van der Waals surface area contributed by atoms with E-state index in [1.165, 1.54) is 6.07 Å². The highest BCUT2D eigenvalue weighted by Gasteiger charge is 2.79. The van der Waals surface area contributed by atoms with E-state index in [0.717, 1.165) is 12.1 Å². The Bertz CT molecular complexity index is 1110. The van der Waals surface area contributed by atoms with Gasteiger partial charge in [-0.25, -0.2) is 0 Å². The molecular formula is C28H35NO5. The van der Waals surface area contributed by atoms with E-state index in [1.54, 1.807) is 12.1 Å². The standard InChI is InChI=1S/C28H35NO5/c1-15(2)10-11-27-26(32)18-12-20-25(31)24-22(30)8-7-9-23(24)34-28(20,27)21(14-33-27)19(18)13-29(16(3)4)17(5)6/h7-10,12,16-19,21,30H,11,13-14H2,1-6H3/t18-,19+,21-,27+,28-/m1/s1. The normalized spacial score (nSPS) is 33.2. The van der Waals surface area contributed by atoms with E-state index in [9.17, 15) is 14.7 Å². The molecule has 6 heteroatoms. The number of fused-ring (bicyclic) bond motifs is 1. The molecule has 1 saturated heterocycles. The molecule has 1 aromatic rings. The van der Waals surface area contributed by atoms with Gasteiger partial charge in [0.2, 0.25) is 0 Å². The Morgan fingerprint density at radius 1 is 1.21 bits per heavy atom. The zero-order valence-electron chi connectivity index (χ0n) is 20.9. The molecule has 0 unspecified atom stereocenters. The van der Waals surface area contributed by atoms with Gasteiger partial charge in [-0.2, -0.15) is 0 Å². The summed E-state index contributed by atoms with van der Waals surface area (Å²) in [7, 11) is 0. The Labute approximate surface area is 201 Å². The maximum atomic E-state index is 14.2. The molecule has 1 spiro atoms. The minimum atomic E-state index is -1.24. The maximum Gasteiger partial charge on any atom is 0.200 e. The van der Waals surface area contributed by atoms with E-state index in [-0.39, 0.29) is 34.7 Å². The molecule has 4 bridgehead atoms. The van der Waals surface area contributed by atoms with E-state index >= 15 is 0 Å².